The minimum atomic E-state index is 0.797. The monoisotopic (exact) mass is 240 g/mol. The van der Waals surface area contributed by atoms with E-state index in [1.807, 2.05) is 19.2 Å². The minimum Gasteiger partial charge on any atom is -0.378 e. The molecular weight excluding hydrogens is 224 g/mol. The van der Waals surface area contributed by atoms with Gasteiger partial charge in [-0.2, -0.15) is 0 Å². The summed E-state index contributed by atoms with van der Waals surface area (Å²) in [5.41, 5.74) is 2.40. The molecule has 1 aromatic rings. The number of hydrogen-bond acceptors (Lipinski definition) is 3. The van der Waals surface area contributed by atoms with Crippen molar-refractivity contribution in [1.29, 1.82) is 0 Å². The highest BCUT2D eigenvalue weighted by atomic mass is 35.5. The van der Waals surface area contributed by atoms with Gasteiger partial charge < -0.3 is 15.0 Å². The summed E-state index contributed by atoms with van der Waals surface area (Å²) in [4.78, 5) is 2.34. The Labute approximate surface area is 101 Å². The smallest absolute Gasteiger partial charge is 0.0642 e. The molecule has 88 valence electrons. The number of nitrogens with one attached hydrogen (secondary N) is 1. The van der Waals surface area contributed by atoms with Crippen LogP contribution in [0.25, 0.3) is 0 Å². The van der Waals surface area contributed by atoms with Gasteiger partial charge in [-0.05, 0) is 19.2 Å². The van der Waals surface area contributed by atoms with Gasteiger partial charge in [0.25, 0.3) is 0 Å². The van der Waals surface area contributed by atoms with Gasteiger partial charge in [0.1, 0.15) is 0 Å². The third-order valence-electron chi connectivity index (χ3n) is 2.80. The first-order valence-electron chi connectivity index (χ1n) is 5.57. The van der Waals surface area contributed by atoms with E-state index >= 15 is 0 Å². The Morgan fingerprint density at radius 2 is 2.12 bits per heavy atom. The molecule has 0 unspecified atom stereocenters. The first kappa shape index (κ1) is 11.7. The normalized spacial score (nSPS) is 16.5. The van der Waals surface area contributed by atoms with Gasteiger partial charge in [-0.15, -0.1) is 0 Å². The van der Waals surface area contributed by atoms with Gasteiger partial charge in [-0.3, -0.25) is 0 Å². The fourth-order valence-corrected chi connectivity index (χ4v) is 2.24. The van der Waals surface area contributed by atoms with Crippen molar-refractivity contribution < 1.29 is 4.74 Å². The fraction of sp³-hybridized carbons (Fsp3) is 0.500. The summed E-state index contributed by atoms with van der Waals surface area (Å²) in [5.74, 6) is 0. The van der Waals surface area contributed by atoms with Gasteiger partial charge in [0.05, 0.1) is 13.2 Å². The van der Waals surface area contributed by atoms with Crippen molar-refractivity contribution >= 4 is 17.3 Å². The molecule has 4 heteroatoms. The van der Waals surface area contributed by atoms with Gasteiger partial charge in [0.2, 0.25) is 0 Å². The third kappa shape index (κ3) is 2.48. The van der Waals surface area contributed by atoms with E-state index in [-0.39, 0.29) is 0 Å². The summed E-state index contributed by atoms with van der Waals surface area (Å²) in [6.45, 7) is 4.28. The third-order valence-corrected chi connectivity index (χ3v) is 3.15. The first-order valence-corrected chi connectivity index (χ1v) is 5.95. The molecule has 0 spiro atoms. The molecule has 0 radical (unpaired) electrons. The van der Waals surface area contributed by atoms with Crippen LogP contribution in [0.5, 0.6) is 0 Å². The van der Waals surface area contributed by atoms with Crippen LogP contribution < -0.4 is 10.2 Å². The minimum absolute atomic E-state index is 0.797. The van der Waals surface area contributed by atoms with Crippen LogP contribution >= 0.6 is 11.6 Å². The summed E-state index contributed by atoms with van der Waals surface area (Å²) in [7, 11) is 1.94. The number of morpholine rings is 1. The van der Waals surface area contributed by atoms with Gasteiger partial charge in [0, 0.05) is 35.9 Å². The van der Waals surface area contributed by atoms with E-state index in [1.54, 1.807) is 0 Å². The van der Waals surface area contributed by atoms with Crippen molar-refractivity contribution in [3.63, 3.8) is 0 Å². The van der Waals surface area contributed by atoms with Crippen LogP contribution in [-0.2, 0) is 11.3 Å². The molecular formula is C12H17ClN2O. The Balaban J connectivity index is 2.27. The lowest BCUT2D eigenvalue weighted by atomic mass is 10.1. The van der Waals surface area contributed by atoms with E-state index in [0.717, 1.165) is 37.9 Å². The molecule has 0 atom stereocenters. The van der Waals surface area contributed by atoms with Crippen LogP contribution in [0.2, 0.25) is 5.02 Å². The molecule has 1 N–H and O–H groups in total. The highest BCUT2D eigenvalue weighted by Gasteiger charge is 2.15. The Morgan fingerprint density at radius 1 is 1.38 bits per heavy atom. The van der Waals surface area contributed by atoms with E-state index in [2.05, 4.69) is 16.3 Å². The van der Waals surface area contributed by atoms with Gasteiger partial charge >= 0.3 is 0 Å². The molecule has 16 heavy (non-hydrogen) atoms. The van der Waals surface area contributed by atoms with Crippen LogP contribution in [0.15, 0.2) is 18.2 Å². The zero-order chi connectivity index (χ0) is 11.4. The number of anilines is 1. The Morgan fingerprint density at radius 3 is 2.81 bits per heavy atom. The first-order chi connectivity index (χ1) is 7.83. The standard InChI is InChI=1S/C12H17ClN2O/c1-14-9-10-11(13)3-2-4-12(10)15-5-7-16-8-6-15/h2-4,14H,5-9H2,1H3. The second-order valence-corrected chi connectivity index (χ2v) is 4.27. The van der Waals surface area contributed by atoms with E-state index in [0.29, 0.717) is 0 Å². The lowest BCUT2D eigenvalue weighted by molar-refractivity contribution is 0.122. The number of ether oxygens (including phenoxy) is 1. The quantitative estimate of drug-likeness (QED) is 0.874. The predicted octanol–water partition coefficient (Wildman–Crippen LogP) is 1.90. The van der Waals surface area contributed by atoms with Crippen LogP contribution in [0.3, 0.4) is 0 Å². The zero-order valence-corrected chi connectivity index (χ0v) is 10.3. The van der Waals surface area contributed by atoms with Crippen LogP contribution in [0, 0.1) is 0 Å². The van der Waals surface area contributed by atoms with Crippen LogP contribution in [0.4, 0.5) is 5.69 Å². The van der Waals surface area contributed by atoms with Crippen molar-refractivity contribution in [3.05, 3.63) is 28.8 Å². The number of hydrogen-bond donors (Lipinski definition) is 1. The van der Waals surface area contributed by atoms with Gasteiger partial charge in [-0.25, -0.2) is 0 Å². The Bertz CT molecular complexity index is 351. The largest absolute Gasteiger partial charge is 0.378 e. The molecule has 1 aromatic carbocycles. The van der Waals surface area contributed by atoms with E-state index in [9.17, 15) is 0 Å². The molecule has 1 saturated heterocycles. The Hall–Kier alpha value is -0.770. The highest BCUT2D eigenvalue weighted by Crippen LogP contribution is 2.27. The zero-order valence-electron chi connectivity index (χ0n) is 9.50. The average molecular weight is 241 g/mol. The second kappa shape index (κ2) is 5.53. The molecule has 2 rings (SSSR count). The van der Waals surface area contributed by atoms with Crippen molar-refractivity contribution in [3.8, 4) is 0 Å². The lowest BCUT2D eigenvalue weighted by Gasteiger charge is -2.31. The number of halogens is 1. The maximum Gasteiger partial charge on any atom is 0.0642 e. The summed E-state index contributed by atoms with van der Waals surface area (Å²) >= 11 is 6.23. The lowest BCUT2D eigenvalue weighted by Crippen LogP contribution is -2.37. The maximum absolute atomic E-state index is 6.23. The molecule has 0 aliphatic carbocycles. The van der Waals surface area contributed by atoms with Gasteiger partial charge in [0.15, 0.2) is 0 Å². The van der Waals surface area contributed by atoms with E-state index in [1.165, 1.54) is 11.3 Å². The van der Waals surface area contributed by atoms with Crippen molar-refractivity contribution in [2.24, 2.45) is 0 Å². The van der Waals surface area contributed by atoms with Crippen molar-refractivity contribution in [1.82, 2.24) is 5.32 Å². The predicted molar refractivity (Wildman–Crippen MR) is 67.2 cm³/mol. The molecule has 1 aliphatic heterocycles. The topological polar surface area (TPSA) is 24.5 Å². The number of benzene rings is 1. The van der Waals surface area contributed by atoms with Crippen LogP contribution in [-0.4, -0.2) is 33.4 Å². The molecule has 3 nitrogen and oxygen atoms in total. The number of nitrogens with zero attached hydrogens (tertiary/aromatic N) is 1. The Kier molecular flexibility index (Phi) is 4.04. The summed E-state index contributed by atoms with van der Waals surface area (Å²) < 4.78 is 5.36. The fourth-order valence-electron chi connectivity index (χ4n) is 2.00. The van der Waals surface area contributed by atoms with Crippen LogP contribution in [0.1, 0.15) is 5.56 Å². The highest BCUT2D eigenvalue weighted by molar-refractivity contribution is 6.31. The summed E-state index contributed by atoms with van der Waals surface area (Å²) in [6, 6.07) is 6.08. The maximum atomic E-state index is 6.23. The summed E-state index contributed by atoms with van der Waals surface area (Å²) in [6.07, 6.45) is 0. The molecule has 0 amide bonds. The molecule has 1 fully saturated rings. The summed E-state index contributed by atoms with van der Waals surface area (Å²) in [5, 5.41) is 3.99. The second-order valence-electron chi connectivity index (χ2n) is 3.87. The molecule has 1 heterocycles. The molecule has 0 saturated carbocycles. The molecule has 0 aromatic heterocycles. The van der Waals surface area contributed by atoms with Crippen molar-refractivity contribution in [2.45, 2.75) is 6.54 Å². The molecule has 0 bridgehead atoms. The molecule has 1 aliphatic rings. The van der Waals surface area contributed by atoms with E-state index < -0.39 is 0 Å². The van der Waals surface area contributed by atoms with Crippen molar-refractivity contribution in [2.75, 3.05) is 38.3 Å². The number of rotatable bonds is 3. The van der Waals surface area contributed by atoms with E-state index in [4.69, 9.17) is 16.3 Å². The average Bonchev–Trinajstić information content (AvgIpc) is 2.33. The SMILES string of the molecule is CNCc1c(Cl)cccc1N1CCOCC1. The van der Waals surface area contributed by atoms with Gasteiger partial charge in [-0.1, -0.05) is 17.7 Å².